The number of aliphatic carboxylic acids is 1. The molecule has 1 heterocycles. The number of amides is 2. The van der Waals surface area contributed by atoms with Gasteiger partial charge < -0.3 is 25.4 Å². The Balaban J connectivity index is 1.99. The van der Waals surface area contributed by atoms with E-state index in [1.54, 1.807) is 6.92 Å². The van der Waals surface area contributed by atoms with E-state index in [0.29, 0.717) is 25.7 Å². The number of carbonyl (C=O) groups is 4. The molecule has 2 unspecified atom stereocenters. The zero-order chi connectivity index (χ0) is 19.1. The van der Waals surface area contributed by atoms with E-state index in [2.05, 4.69) is 10.6 Å². The molecular weight excluding hydrogens is 338 g/mol. The molecular formula is C18H23N3O5. The Kier molecular flexibility index (Phi) is 6.71. The van der Waals surface area contributed by atoms with E-state index in [-0.39, 0.29) is 5.91 Å². The van der Waals surface area contributed by atoms with Crippen molar-refractivity contribution in [2.24, 2.45) is 0 Å². The summed E-state index contributed by atoms with van der Waals surface area (Å²) in [6.07, 6.45) is 1.06. The molecule has 0 spiro atoms. The number of nitrogens with zero attached hydrogens (tertiary/aromatic N) is 1. The van der Waals surface area contributed by atoms with E-state index in [1.165, 1.54) is 4.90 Å². The average Bonchev–Trinajstić information content (AvgIpc) is 3.10. The van der Waals surface area contributed by atoms with Gasteiger partial charge in [-0.1, -0.05) is 18.2 Å². The SMILES string of the molecule is CC(Nc1ccccc1)C(=O)N1CCC[C@H]1C(=O)NC(C=O)CC(=O)O. The zero-order valence-corrected chi connectivity index (χ0v) is 14.6. The number of para-hydroxylation sites is 1. The smallest absolute Gasteiger partial charge is 0.305 e. The summed E-state index contributed by atoms with van der Waals surface area (Å²) in [6, 6.07) is 6.96. The molecule has 26 heavy (non-hydrogen) atoms. The number of aldehydes is 1. The molecule has 1 aliphatic rings. The van der Waals surface area contributed by atoms with E-state index in [1.807, 2.05) is 30.3 Å². The number of anilines is 1. The predicted molar refractivity (Wildman–Crippen MR) is 94.5 cm³/mol. The second-order valence-corrected chi connectivity index (χ2v) is 6.27. The maximum atomic E-state index is 12.7. The van der Waals surface area contributed by atoms with Crippen LogP contribution in [-0.2, 0) is 19.2 Å². The minimum Gasteiger partial charge on any atom is -0.481 e. The van der Waals surface area contributed by atoms with Gasteiger partial charge in [-0.05, 0) is 31.9 Å². The molecule has 2 amide bonds. The summed E-state index contributed by atoms with van der Waals surface area (Å²) in [5, 5.41) is 14.3. The van der Waals surface area contributed by atoms with Crippen LogP contribution in [0.5, 0.6) is 0 Å². The fourth-order valence-corrected chi connectivity index (χ4v) is 3.00. The number of carboxylic acid groups (broad SMARTS) is 1. The van der Waals surface area contributed by atoms with E-state index >= 15 is 0 Å². The Labute approximate surface area is 151 Å². The molecule has 0 bridgehead atoms. The van der Waals surface area contributed by atoms with Crippen LogP contribution in [-0.4, -0.2) is 58.7 Å². The highest BCUT2D eigenvalue weighted by molar-refractivity contribution is 5.92. The van der Waals surface area contributed by atoms with Crippen LogP contribution in [0.4, 0.5) is 5.69 Å². The number of likely N-dealkylation sites (tertiary alicyclic amines) is 1. The van der Waals surface area contributed by atoms with Gasteiger partial charge in [-0.2, -0.15) is 0 Å². The van der Waals surface area contributed by atoms with Crippen LogP contribution in [0, 0.1) is 0 Å². The number of nitrogens with one attached hydrogen (secondary N) is 2. The first-order valence-electron chi connectivity index (χ1n) is 8.52. The summed E-state index contributed by atoms with van der Waals surface area (Å²) >= 11 is 0. The molecule has 0 aromatic heterocycles. The summed E-state index contributed by atoms with van der Waals surface area (Å²) in [6.45, 7) is 2.17. The molecule has 8 nitrogen and oxygen atoms in total. The zero-order valence-electron chi connectivity index (χ0n) is 14.6. The van der Waals surface area contributed by atoms with Crippen LogP contribution >= 0.6 is 0 Å². The van der Waals surface area contributed by atoms with Crippen LogP contribution in [0.15, 0.2) is 30.3 Å². The first-order chi connectivity index (χ1) is 12.4. The lowest BCUT2D eigenvalue weighted by Gasteiger charge is -2.28. The number of hydrogen-bond acceptors (Lipinski definition) is 5. The van der Waals surface area contributed by atoms with Gasteiger partial charge in [0.15, 0.2) is 0 Å². The third kappa shape index (κ3) is 5.05. The number of carbonyl (C=O) groups excluding carboxylic acids is 3. The Morgan fingerprint density at radius 1 is 1.31 bits per heavy atom. The van der Waals surface area contributed by atoms with Crippen LogP contribution < -0.4 is 10.6 Å². The van der Waals surface area contributed by atoms with E-state index in [9.17, 15) is 19.2 Å². The van der Waals surface area contributed by atoms with Crippen LogP contribution in [0.25, 0.3) is 0 Å². The molecule has 8 heteroatoms. The fraction of sp³-hybridized carbons (Fsp3) is 0.444. The molecule has 0 aliphatic carbocycles. The number of rotatable bonds is 8. The maximum Gasteiger partial charge on any atom is 0.305 e. The molecule has 1 fully saturated rings. The normalized spacial score (nSPS) is 18.7. The molecule has 1 saturated heterocycles. The molecule has 1 aliphatic heterocycles. The Hall–Kier alpha value is -2.90. The lowest BCUT2D eigenvalue weighted by Crippen LogP contribution is -2.52. The first kappa shape index (κ1) is 19.4. The van der Waals surface area contributed by atoms with Crippen LogP contribution in [0.2, 0.25) is 0 Å². The van der Waals surface area contributed by atoms with Crippen molar-refractivity contribution < 1.29 is 24.3 Å². The van der Waals surface area contributed by atoms with Gasteiger partial charge in [0.25, 0.3) is 0 Å². The van der Waals surface area contributed by atoms with Gasteiger partial charge in [-0.25, -0.2) is 0 Å². The standard InChI is InChI=1S/C18H23N3O5/c1-12(19-13-6-3-2-4-7-13)18(26)21-9-5-8-15(21)17(25)20-14(11-22)10-16(23)24/h2-4,6-7,11-12,14-15,19H,5,8-10H2,1H3,(H,20,25)(H,23,24)/t12?,14?,15-/m0/s1. The van der Waals surface area contributed by atoms with Gasteiger partial charge in [-0.3, -0.25) is 14.4 Å². The molecule has 2 rings (SSSR count). The molecule has 0 saturated carbocycles. The fourth-order valence-electron chi connectivity index (χ4n) is 3.00. The Morgan fingerprint density at radius 3 is 2.62 bits per heavy atom. The van der Waals surface area contributed by atoms with Gasteiger partial charge in [0.05, 0.1) is 12.5 Å². The highest BCUT2D eigenvalue weighted by atomic mass is 16.4. The molecule has 140 valence electrons. The molecule has 1 aromatic carbocycles. The quantitative estimate of drug-likeness (QED) is 0.585. The summed E-state index contributed by atoms with van der Waals surface area (Å²) < 4.78 is 0. The van der Waals surface area contributed by atoms with Crippen molar-refractivity contribution in [1.82, 2.24) is 10.2 Å². The minimum absolute atomic E-state index is 0.215. The second-order valence-electron chi connectivity index (χ2n) is 6.27. The largest absolute Gasteiger partial charge is 0.481 e. The van der Waals surface area contributed by atoms with Crippen LogP contribution in [0.3, 0.4) is 0 Å². The molecule has 3 N–H and O–H groups in total. The average molecular weight is 361 g/mol. The number of hydrogen-bond donors (Lipinski definition) is 3. The molecule has 1 aromatic rings. The van der Waals surface area contributed by atoms with Crippen molar-refractivity contribution in [3.8, 4) is 0 Å². The van der Waals surface area contributed by atoms with Crippen molar-refractivity contribution in [3.63, 3.8) is 0 Å². The van der Waals surface area contributed by atoms with Gasteiger partial charge in [0.1, 0.15) is 18.4 Å². The number of carboxylic acids is 1. The van der Waals surface area contributed by atoms with Crippen molar-refractivity contribution in [3.05, 3.63) is 30.3 Å². The van der Waals surface area contributed by atoms with E-state index < -0.39 is 36.4 Å². The van der Waals surface area contributed by atoms with Crippen molar-refractivity contribution in [2.45, 2.75) is 44.3 Å². The van der Waals surface area contributed by atoms with Gasteiger partial charge in [0.2, 0.25) is 11.8 Å². The topological polar surface area (TPSA) is 116 Å². The second kappa shape index (κ2) is 8.98. The van der Waals surface area contributed by atoms with Gasteiger partial charge >= 0.3 is 5.97 Å². The Bertz CT molecular complexity index is 664. The van der Waals surface area contributed by atoms with Crippen LogP contribution in [0.1, 0.15) is 26.2 Å². The summed E-state index contributed by atoms with van der Waals surface area (Å²) in [4.78, 5) is 48.3. The van der Waals surface area contributed by atoms with E-state index in [0.717, 1.165) is 5.69 Å². The number of benzene rings is 1. The van der Waals surface area contributed by atoms with Crippen molar-refractivity contribution in [1.29, 1.82) is 0 Å². The predicted octanol–water partition coefficient (Wildman–Crippen LogP) is 0.636. The van der Waals surface area contributed by atoms with Crippen molar-refractivity contribution >= 4 is 29.8 Å². The lowest BCUT2D eigenvalue weighted by atomic mass is 10.1. The van der Waals surface area contributed by atoms with Gasteiger partial charge in [0, 0.05) is 12.2 Å². The molecule has 3 atom stereocenters. The van der Waals surface area contributed by atoms with Gasteiger partial charge in [-0.15, -0.1) is 0 Å². The maximum absolute atomic E-state index is 12.7. The van der Waals surface area contributed by atoms with Crippen molar-refractivity contribution in [2.75, 3.05) is 11.9 Å². The highest BCUT2D eigenvalue weighted by Crippen LogP contribution is 2.20. The third-order valence-electron chi connectivity index (χ3n) is 4.25. The summed E-state index contributed by atoms with van der Waals surface area (Å²) in [7, 11) is 0. The van der Waals surface area contributed by atoms with E-state index in [4.69, 9.17) is 5.11 Å². The molecule has 0 radical (unpaired) electrons. The highest BCUT2D eigenvalue weighted by Gasteiger charge is 2.36. The first-order valence-corrected chi connectivity index (χ1v) is 8.52. The third-order valence-corrected chi connectivity index (χ3v) is 4.25. The minimum atomic E-state index is -1.18. The summed E-state index contributed by atoms with van der Waals surface area (Å²) in [5.74, 6) is -1.89. The summed E-state index contributed by atoms with van der Waals surface area (Å²) in [5.41, 5.74) is 0.802. The lowest BCUT2D eigenvalue weighted by molar-refractivity contribution is -0.141. The Morgan fingerprint density at radius 2 is 2.00 bits per heavy atom. The monoisotopic (exact) mass is 361 g/mol.